The molecule has 2 heterocycles. The van der Waals surface area contributed by atoms with Crippen molar-refractivity contribution in [2.45, 2.75) is 19.1 Å². The summed E-state index contributed by atoms with van der Waals surface area (Å²) >= 11 is 0. The highest BCUT2D eigenvalue weighted by molar-refractivity contribution is 5.94. The lowest BCUT2D eigenvalue weighted by atomic mass is 9.92. The first-order chi connectivity index (χ1) is 16.2. The Morgan fingerprint density at radius 2 is 1.94 bits per heavy atom. The van der Waals surface area contributed by atoms with Gasteiger partial charge in [-0.1, -0.05) is 6.07 Å². The van der Waals surface area contributed by atoms with E-state index in [-0.39, 0.29) is 31.0 Å². The van der Waals surface area contributed by atoms with Crippen molar-refractivity contribution in [3.8, 4) is 5.75 Å². The van der Waals surface area contributed by atoms with Gasteiger partial charge in [0.2, 0.25) is 0 Å². The van der Waals surface area contributed by atoms with Gasteiger partial charge in [-0.15, -0.1) is 0 Å². The molecule has 34 heavy (non-hydrogen) atoms. The third-order valence-electron chi connectivity index (χ3n) is 5.49. The predicted octanol–water partition coefficient (Wildman–Crippen LogP) is 2.24. The van der Waals surface area contributed by atoms with E-state index in [0.717, 1.165) is 12.1 Å². The van der Waals surface area contributed by atoms with Gasteiger partial charge in [0.05, 0.1) is 25.3 Å². The molecule has 0 aliphatic carbocycles. The Hall–Kier alpha value is -3.70. The lowest BCUT2D eigenvalue weighted by Gasteiger charge is -2.35. The van der Waals surface area contributed by atoms with Crippen LogP contribution in [0.5, 0.6) is 5.75 Å². The van der Waals surface area contributed by atoms with Gasteiger partial charge in [-0.05, 0) is 37.3 Å². The minimum absolute atomic E-state index is 0.0278. The van der Waals surface area contributed by atoms with Crippen LogP contribution in [-0.4, -0.2) is 68.2 Å². The first kappa shape index (κ1) is 23.5. The molecule has 0 spiro atoms. The highest BCUT2D eigenvalue weighted by Crippen LogP contribution is 2.29. The van der Waals surface area contributed by atoms with Crippen molar-refractivity contribution in [3.63, 3.8) is 0 Å². The minimum atomic E-state index is -1.76. The number of carbonyl (C=O) groups is 1. The number of hydrogen-bond acceptors (Lipinski definition) is 8. The van der Waals surface area contributed by atoms with Gasteiger partial charge in [0.1, 0.15) is 42.2 Å². The summed E-state index contributed by atoms with van der Waals surface area (Å²) < 4.78 is 35.3. The number of carbonyl (C=O) groups excluding carboxylic acids is 1. The van der Waals surface area contributed by atoms with E-state index in [9.17, 15) is 18.7 Å². The van der Waals surface area contributed by atoms with Crippen LogP contribution in [0.25, 0.3) is 0 Å². The van der Waals surface area contributed by atoms with Crippen LogP contribution in [0, 0.1) is 11.6 Å². The van der Waals surface area contributed by atoms with Crippen molar-refractivity contribution in [2.75, 3.05) is 26.7 Å². The molecule has 4 rings (SSSR count). The molecule has 9 nitrogen and oxygen atoms in total. The number of ether oxygens (including phenoxy) is 1. The normalized spacial score (nSPS) is 15.8. The van der Waals surface area contributed by atoms with E-state index in [1.165, 1.54) is 30.3 Å². The van der Waals surface area contributed by atoms with E-state index in [4.69, 9.17) is 4.74 Å². The zero-order chi connectivity index (χ0) is 24.3. The third-order valence-corrected chi connectivity index (χ3v) is 5.49. The molecule has 0 amide bonds. The maximum atomic E-state index is 14.7. The van der Waals surface area contributed by atoms with Gasteiger partial charge < -0.3 is 9.84 Å². The number of β-amino-alcohol motifs (C(OH)–C–C–N with tert-alkyl or cyclic N) is 1. The molecule has 178 valence electrons. The van der Waals surface area contributed by atoms with Crippen LogP contribution in [-0.2, 0) is 12.1 Å². The molecule has 1 aromatic heterocycles. The fourth-order valence-corrected chi connectivity index (χ4v) is 3.77. The highest BCUT2D eigenvalue weighted by Gasteiger charge is 2.38. The molecule has 11 heteroatoms. The van der Waals surface area contributed by atoms with Crippen LogP contribution < -0.4 is 4.74 Å². The molecule has 1 aliphatic rings. The summed E-state index contributed by atoms with van der Waals surface area (Å²) in [5.41, 5.74) is -0.543. The second-order valence-electron chi connectivity index (χ2n) is 8.10. The molecule has 0 radical (unpaired) electrons. The number of ketones is 1. The number of nitrogens with zero attached hydrogens (tertiary/aromatic N) is 6. The van der Waals surface area contributed by atoms with Crippen molar-refractivity contribution < 1.29 is 23.4 Å². The van der Waals surface area contributed by atoms with E-state index in [1.54, 1.807) is 41.4 Å². The number of hydrazine groups is 1. The van der Waals surface area contributed by atoms with Gasteiger partial charge >= 0.3 is 0 Å². The average molecular weight is 470 g/mol. The number of Topliss-reactive ketones (excluding diaryl/α,β-unsaturated/α-hetero) is 1. The summed E-state index contributed by atoms with van der Waals surface area (Å²) in [5.74, 6) is -1.03. The van der Waals surface area contributed by atoms with E-state index < -0.39 is 17.2 Å². The van der Waals surface area contributed by atoms with E-state index >= 15 is 0 Å². The molecule has 1 atom stereocenters. The molecule has 1 aliphatic heterocycles. The quantitative estimate of drug-likeness (QED) is 0.479. The van der Waals surface area contributed by atoms with Gasteiger partial charge in [0.25, 0.3) is 0 Å². The fourth-order valence-electron chi connectivity index (χ4n) is 3.77. The SMILES string of the molecule is CC(=O)c1ccc(OCC2=NN(C)N(CC(O)(Cn3cncn3)c3ccc(F)cc3F)C2)cc1. The van der Waals surface area contributed by atoms with Crippen LogP contribution in [0.3, 0.4) is 0 Å². The molecule has 0 bridgehead atoms. The molecular formula is C23H24F2N6O3. The highest BCUT2D eigenvalue weighted by atomic mass is 19.1. The number of benzene rings is 2. The zero-order valence-electron chi connectivity index (χ0n) is 18.7. The van der Waals surface area contributed by atoms with E-state index in [2.05, 4.69) is 15.2 Å². The minimum Gasteiger partial charge on any atom is -0.488 e. The van der Waals surface area contributed by atoms with Gasteiger partial charge in [0, 0.05) is 24.2 Å². The van der Waals surface area contributed by atoms with E-state index in [1.807, 2.05) is 0 Å². The van der Waals surface area contributed by atoms with Crippen LogP contribution >= 0.6 is 0 Å². The summed E-state index contributed by atoms with van der Waals surface area (Å²) in [6.45, 7) is 1.85. The Morgan fingerprint density at radius 3 is 2.59 bits per heavy atom. The van der Waals surface area contributed by atoms with Gasteiger partial charge in [0.15, 0.2) is 5.78 Å². The topological polar surface area (TPSA) is 96.1 Å². The monoisotopic (exact) mass is 470 g/mol. The van der Waals surface area contributed by atoms with Gasteiger partial charge in [-0.25, -0.2) is 23.6 Å². The molecule has 1 N–H and O–H groups in total. The molecule has 0 saturated heterocycles. The van der Waals surface area contributed by atoms with Crippen LogP contribution in [0.2, 0.25) is 0 Å². The van der Waals surface area contributed by atoms with Crippen molar-refractivity contribution in [2.24, 2.45) is 5.10 Å². The number of rotatable bonds is 9. The van der Waals surface area contributed by atoms with Gasteiger partial charge in [-0.3, -0.25) is 4.79 Å². The van der Waals surface area contributed by atoms with Crippen LogP contribution in [0.15, 0.2) is 60.2 Å². The Morgan fingerprint density at radius 1 is 1.18 bits per heavy atom. The average Bonchev–Trinajstić information content (AvgIpc) is 3.41. The zero-order valence-corrected chi connectivity index (χ0v) is 18.7. The van der Waals surface area contributed by atoms with Crippen LogP contribution in [0.4, 0.5) is 8.78 Å². The summed E-state index contributed by atoms with van der Waals surface area (Å²) in [5, 5.41) is 23.3. The molecule has 0 saturated carbocycles. The first-order valence-electron chi connectivity index (χ1n) is 10.5. The maximum absolute atomic E-state index is 14.7. The predicted molar refractivity (Wildman–Crippen MR) is 119 cm³/mol. The molecular weight excluding hydrogens is 446 g/mol. The molecule has 1 unspecified atom stereocenters. The first-order valence-corrected chi connectivity index (χ1v) is 10.5. The summed E-state index contributed by atoms with van der Waals surface area (Å²) in [4.78, 5) is 15.3. The van der Waals surface area contributed by atoms with Crippen molar-refractivity contribution >= 4 is 11.5 Å². The number of aliphatic hydroxyl groups is 1. The number of hydrazone groups is 1. The molecule has 2 aromatic carbocycles. The maximum Gasteiger partial charge on any atom is 0.159 e. The Labute approximate surface area is 194 Å². The summed E-state index contributed by atoms with van der Waals surface area (Å²) in [6, 6.07) is 9.87. The Bertz CT molecular complexity index is 1190. The number of aromatic nitrogens is 3. The number of halogens is 2. The van der Waals surface area contributed by atoms with Crippen molar-refractivity contribution in [3.05, 3.63) is 77.9 Å². The second-order valence-corrected chi connectivity index (χ2v) is 8.10. The summed E-state index contributed by atoms with van der Waals surface area (Å²) in [7, 11) is 1.70. The Balaban J connectivity index is 1.46. The third kappa shape index (κ3) is 5.26. The second kappa shape index (κ2) is 9.65. The van der Waals surface area contributed by atoms with Gasteiger partial charge in [-0.2, -0.15) is 15.2 Å². The Kier molecular flexibility index (Phi) is 6.66. The van der Waals surface area contributed by atoms with Crippen molar-refractivity contribution in [1.29, 1.82) is 0 Å². The van der Waals surface area contributed by atoms with E-state index in [0.29, 0.717) is 23.6 Å². The molecule has 0 fully saturated rings. The smallest absolute Gasteiger partial charge is 0.159 e. The lowest BCUT2D eigenvalue weighted by molar-refractivity contribution is -0.0751. The van der Waals surface area contributed by atoms with Crippen molar-refractivity contribution in [1.82, 2.24) is 24.9 Å². The number of hydrogen-bond donors (Lipinski definition) is 1. The molecule has 3 aromatic rings. The standard InChI is InChI=1S/C23H24F2N6O3/c1-16(32)17-3-6-20(7-4-17)34-11-19-10-31(29(2)28-19)13-23(33,12-30-15-26-14-27-30)21-8-5-18(24)9-22(21)25/h3-9,14-15,33H,10-13H2,1-2H3. The largest absolute Gasteiger partial charge is 0.488 e. The summed E-state index contributed by atoms with van der Waals surface area (Å²) in [6.07, 6.45) is 2.72. The fraction of sp³-hybridized carbons (Fsp3) is 0.304. The van der Waals surface area contributed by atoms with Crippen LogP contribution in [0.1, 0.15) is 22.8 Å². The lowest BCUT2D eigenvalue weighted by Crippen LogP contribution is -2.48.